The van der Waals surface area contributed by atoms with Crippen LogP contribution < -0.4 is 5.32 Å². The van der Waals surface area contributed by atoms with Crippen molar-refractivity contribution in [3.05, 3.63) is 46.7 Å². The number of hydrogen-bond donors (Lipinski definition) is 2. The fourth-order valence-electron chi connectivity index (χ4n) is 3.80. The molecule has 148 valence electrons. The van der Waals surface area contributed by atoms with Crippen molar-refractivity contribution in [3.8, 4) is 0 Å². The molecule has 0 saturated carbocycles. The summed E-state index contributed by atoms with van der Waals surface area (Å²) in [5.41, 5.74) is 0.907. The van der Waals surface area contributed by atoms with E-state index >= 15 is 0 Å². The Hall–Kier alpha value is -1.94. The van der Waals surface area contributed by atoms with Gasteiger partial charge < -0.3 is 10.4 Å². The number of allylic oxidation sites excluding steroid dienone is 1. The molecule has 4 nitrogen and oxygen atoms in total. The predicted molar refractivity (Wildman–Crippen MR) is 109 cm³/mol. The van der Waals surface area contributed by atoms with Gasteiger partial charge in [0.25, 0.3) is 0 Å². The third kappa shape index (κ3) is 5.52. The monoisotopic (exact) mass is 371 g/mol. The molecule has 0 spiro atoms. The number of hydrogen-bond acceptors (Lipinski definition) is 4. The lowest BCUT2D eigenvalue weighted by Gasteiger charge is -2.24. The highest BCUT2D eigenvalue weighted by molar-refractivity contribution is 6.26. The van der Waals surface area contributed by atoms with Gasteiger partial charge in [-0.05, 0) is 13.5 Å². The Morgan fingerprint density at radius 3 is 1.93 bits per heavy atom. The molecule has 0 radical (unpaired) electrons. The van der Waals surface area contributed by atoms with Gasteiger partial charge in [0, 0.05) is 17.2 Å². The van der Waals surface area contributed by atoms with E-state index in [4.69, 9.17) is 0 Å². The maximum absolute atomic E-state index is 12.8. The van der Waals surface area contributed by atoms with Gasteiger partial charge in [0.1, 0.15) is 0 Å². The highest BCUT2D eigenvalue weighted by Gasteiger charge is 2.35. The van der Waals surface area contributed by atoms with Crippen LogP contribution in [0.4, 0.5) is 0 Å². The molecule has 0 fully saturated rings. The van der Waals surface area contributed by atoms with Crippen molar-refractivity contribution in [2.24, 2.45) is 0 Å². The summed E-state index contributed by atoms with van der Waals surface area (Å²) < 4.78 is 0. The summed E-state index contributed by atoms with van der Waals surface area (Å²) in [4.78, 5) is 25.3. The lowest BCUT2D eigenvalue weighted by atomic mass is 9.83. The van der Waals surface area contributed by atoms with Gasteiger partial charge in [-0.1, -0.05) is 89.0 Å². The molecule has 27 heavy (non-hydrogen) atoms. The zero-order chi connectivity index (χ0) is 19.6. The van der Waals surface area contributed by atoms with Crippen molar-refractivity contribution in [2.75, 3.05) is 7.05 Å². The number of fused-ring (bicyclic) bond motifs is 1. The molecular formula is C23H33NO3. The molecule has 0 saturated heterocycles. The summed E-state index contributed by atoms with van der Waals surface area (Å²) >= 11 is 0. The van der Waals surface area contributed by atoms with Gasteiger partial charge in [0.2, 0.25) is 5.78 Å². The Balaban J connectivity index is 1.87. The van der Waals surface area contributed by atoms with E-state index in [0.717, 1.165) is 19.3 Å². The molecule has 0 amide bonds. The molecule has 1 aliphatic carbocycles. The average Bonchev–Trinajstić information content (AvgIpc) is 2.69. The molecule has 1 aromatic rings. The molecule has 0 heterocycles. The lowest BCUT2D eigenvalue weighted by molar-refractivity contribution is 0.0921. The Morgan fingerprint density at radius 1 is 0.852 bits per heavy atom. The minimum atomic E-state index is -0.451. The Labute approximate surface area is 163 Å². The highest BCUT2D eigenvalue weighted by atomic mass is 16.3. The van der Waals surface area contributed by atoms with Crippen LogP contribution in [0.3, 0.4) is 0 Å². The first-order valence-corrected chi connectivity index (χ1v) is 10.4. The standard InChI is InChI=1S/C23H33NO3/c1-3-4-5-6-7-8-9-10-11-16-19(24-2)20-21(25)17-14-12-13-15-18(17)22(26)23(20)27/h12-15,19,24,27H,3-11,16H2,1-2H3. The van der Waals surface area contributed by atoms with E-state index in [-0.39, 0.29) is 17.4 Å². The van der Waals surface area contributed by atoms with Gasteiger partial charge in [-0.3, -0.25) is 9.59 Å². The maximum atomic E-state index is 12.8. The second-order valence-electron chi connectivity index (χ2n) is 7.42. The van der Waals surface area contributed by atoms with Crippen molar-refractivity contribution in [2.45, 2.75) is 77.2 Å². The van der Waals surface area contributed by atoms with Gasteiger partial charge in [-0.2, -0.15) is 0 Å². The molecule has 1 aromatic carbocycles. The van der Waals surface area contributed by atoms with E-state index < -0.39 is 11.5 Å². The summed E-state index contributed by atoms with van der Waals surface area (Å²) in [5.74, 6) is -1.08. The van der Waals surface area contributed by atoms with Crippen LogP contribution in [0.15, 0.2) is 35.6 Å². The number of rotatable bonds is 12. The first kappa shape index (κ1) is 21.4. The number of Topliss-reactive ketones (excluding diaryl/α,β-unsaturated/α-hetero) is 2. The van der Waals surface area contributed by atoms with Gasteiger partial charge in [0.15, 0.2) is 11.5 Å². The second kappa shape index (κ2) is 11.0. The molecule has 1 atom stereocenters. The van der Waals surface area contributed by atoms with Crippen LogP contribution in [0.1, 0.15) is 91.8 Å². The van der Waals surface area contributed by atoms with Crippen LogP contribution >= 0.6 is 0 Å². The fraction of sp³-hybridized carbons (Fsp3) is 0.565. The number of likely N-dealkylation sites (N-methyl/N-ethyl adjacent to an activating group) is 1. The van der Waals surface area contributed by atoms with Crippen molar-refractivity contribution in [1.29, 1.82) is 0 Å². The molecule has 4 heteroatoms. The van der Waals surface area contributed by atoms with Crippen molar-refractivity contribution in [1.82, 2.24) is 5.32 Å². The van der Waals surface area contributed by atoms with Crippen LogP contribution in [0.25, 0.3) is 0 Å². The molecule has 1 aliphatic rings. The number of ketones is 2. The smallest absolute Gasteiger partial charge is 0.228 e. The molecule has 0 bridgehead atoms. The fourth-order valence-corrected chi connectivity index (χ4v) is 3.80. The minimum Gasteiger partial charge on any atom is -0.504 e. The van der Waals surface area contributed by atoms with Gasteiger partial charge >= 0.3 is 0 Å². The van der Waals surface area contributed by atoms with Crippen LogP contribution in [0, 0.1) is 0 Å². The molecular weight excluding hydrogens is 338 g/mol. The van der Waals surface area contributed by atoms with Gasteiger partial charge in [0.05, 0.1) is 5.57 Å². The molecule has 2 N–H and O–H groups in total. The predicted octanol–water partition coefficient (Wildman–Crippen LogP) is 5.39. The van der Waals surface area contributed by atoms with E-state index in [9.17, 15) is 14.7 Å². The second-order valence-corrected chi connectivity index (χ2v) is 7.42. The minimum absolute atomic E-state index is 0.223. The summed E-state index contributed by atoms with van der Waals surface area (Å²) in [7, 11) is 1.77. The van der Waals surface area contributed by atoms with Crippen LogP contribution in [0.2, 0.25) is 0 Å². The molecule has 2 rings (SSSR count). The number of unbranched alkanes of at least 4 members (excludes halogenated alkanes) is 8. The van der Waals surface area contributed by atoms with Gasteiger partial charge in [-0.15, -0.1) is 0 Å². The molecule has 1 unspecified atom stereocenters. The zero-order valence-corrected chi connectivity index (χ0v) is 16.7. The van der Waals surface area contributed by atoms with Crippen LogP contribution in [-0.2, 0) is 0 Å². The van der Waals surface area contributed by atoms with Crippen LogP contribution in [-0.4, -0.2) is 29.8 Å². The number of nitrogens with one attached hydrogen (secondary N) is 1. The van der Waals surface area contributed by atoms with Crippen molar-refractivity contribution < 1.29 is 14.7 Å². The zero-order valence-electron chi connectivity index (χ0n) is 16.7. The third-order valence-electron chi connectivity index (χ3n) is 5.42. The number of carbonyl (C=O) groups is 2. The number of benzene rings is 1. The Kier molecular flexibility index (Phi) is 8.73. The Morgan fingerprint density at radius 2 is 1.37 bits per heavy atom. The largest absolute Gasteiger partial charge is 0.504 e. The molecule has 0 aromatic heterocycles. The lowest BCUT2D eigenvalue weighted by Crippen LogP contribution is -2.36. The Bertz CT molecular complexity index is 678. The average molecular weight is 372 g/mol. The summed E-state index contributed by atoms with van der Waals surface area (Å²) in [6.07, 6.45) is 11.8. The van der Waals surface area contributed by atoms with E-state index in [2.05, 4.69) is 12.2 Å². The highest BCUT2D eigenvalue weighted by Crippen LogP contribution is 2.28. The third-order valence-corrected chi connectivity index (χ3v) is 5.42. The molecule has 0 aliphatic heterocycles. The first-order chi connectivity index (χ1) is 13.1. The van der Waals surface area contributed by atoms with E-state index in [1.165, 1.54) is 44.9 Å². The van der Waals surface area contributed by atoms with Crippen molar-refractivity contribution in [3.63, 3.8) is 0 Å². The number of aliphatic hydroxyl groups is 1. The maximum Gasteiger partial charge on any atom is 0.228 e. The van der Waals surface area contributed by atoms with E-state index in [0.29, 0.717) is 11.1 Å². The topological polar surface area (TPSA) is 66.4 Å². The summed E-state index contributed by atoms with van der Waals surface area (Å²) in [6.45, 7) is 2.23. The summed E-state index contributed by atoms with van der Waals surface area (Å²) in [6, 6.07) is 6.42. The first-order valence-electron chi connectivity index (χ1n) is 10.4. The number of carbonyl (C=O) groups excluding carboxylic acids is 2. The van der Waals surface area contributed by atoms with Crippen molar-refractivity contribution >= 4 is 11.6 Å². The summed E-state index contributed by atoms with van der Waals surface area (Å²) in [5, 5.41) is 13.5. The quantitative estimate of drug-likeness (QED) is 0.484. The van der Waals surface area contributed by atoms with E-state index in [1.54, 1.807) is 31.3 Å². The normalized spacial score (nSPS) is 15.2. The SMILES string of the molecule is CCCCCCCCCCCC(NC)C1=C(O)C(=O)c2ccccc2C1=O. The van der Waals surface area contributed by atoms with Crippen LogP contribution in [0.5, 0.6) is 0 Å². The van der Waals surface area contributed by atoms with E-state index in [1.807, 2.05) is 0 Å². The number of aliphatic hydroxyl groups excluding tert-OH is 1. The van der Waals surface area contributed by atoms with Gasteiger partial charge in [-0.25, -0.2) is 0 Å².